The van der Waals surface area contributed by atoms with Gasteiger partial charge in [-0.05, 0) is 51.4 Å². The molecule has 0 saturated heterocycles. The fourth-order valence-electron chi connectivity index (χ4n) is 1.98. The SMILES string of the molecule is O=C(O)C(F)CC/C=C\C/C=C\C/C=C\C/C=C\CCCCC(F)F. The summed E-state index contributed by atoms with van der Waals surface area (Å²) in [6.07, 6.45) is 17.0. The number of hydrogen-bond acceptors (Lipinski definition) is 1. The van der Waals surface area contributed by atoms with Gasteiger partial charge in [0.25, 0.3) is 0 Å². The molecule has 0 aliphatic heterocycles. The van der Waals surface area contributed by atoms with E-state index in [9.17, 15) is 18.0 Å². The third-order valence-electron chi connectivity index (χ3n) is 3.38. The number of halogens is 3. The lowest BCUT2D eigenvalue weighted by atomic mass is 10.2. The molecular weight excluding hydrogens is 329 g/mol. The molecule has 0 amide bonds. The molecule has 2 nitrogen and oxygen atoms in total. The number of carbonyl (C=O) groups is 1. The molecule has 0 aromatic heterocycles. The second kappa shape index (κ2) is 17.1. The summed E-state index contributed by atoms with van der Waals surface area (Å²) in [4.78, 5) is 10.3. The van der Waals surface area contributed by atoms with Crippen LogP contribution < -0.4 is 0 Å². The summed E-state index contributed by atoms with van der Waals surface area (Å²) in [7, 11) is 0. The molecule has 0 aromatic carbocycles. The van der Waals surface area contributed by atoms with Crippen LogP contribution in [0.25, 0.3) is 0 Å². The molecule has 0 radical (unpaired) electrons. The Balaban J connectivity index is 3.49. The third-order valence-corrected chi connectivity index (χ3v) is 3.38. The molecule has 0 aliphatic carbocycles. The van der Waals surface area contributed by atoms with Crippen molar-refractivity contribution in [2.75, 3.05) is 0 Å². The van der Waals surface area contributed by atoms with Crippen LogP contribution in [0.3, 0.4) is 0 Å². The molecule has 0 bridgehead atoms. The number of rotatable bonds is 15. The van der Waals surface area contributed by atoms with Gasteiger partial charge in [0, 0.05) is 6.42 Å². The first-order chi connectivity index (χ1) is 12.0. The normalized spacial score (nSPS) is 13.9. The van der Waals surface area contributed by atoms with Crippen LogP contribution in [-0.4, -0.2) is 23.7 Å². The Bertz CT molecular complexity index is 440. The summed E-state index contributed by atoms with van der Waals surface area (Å²) in [6.45, 7) is 0. The average molecular weight is 358 g/mol. The summed E-state index contributed by atoms with van der Waals surface area (Å²) >= 11 is 0. The smallest absolute Gasteiger partial charge is 0.338 e. The van der Waals surface area contributed by atoms with E-state index in [1.807, 2.05) is 30.4 Å². The van der Waals surface area contributed by atoms with Gasteiger partial charge < -0.3 is 5.11 Å². The van der Waals surface area contributed by atoms with Gasteiger partial charge in [-0.1, -0.05) is 48.6 Å². The maximum Gasteiger partial charge on any atom is 0.338 e. The van der Waals surface area contributed by atoms with Gasteiger partial charge in [-0.2, -0.15) is 0 Å². The molecule has 1 atom stereocenters. The van der Waals surface area contributed by atoms with E-state index in [4.69, 9.17) is 5.11 Å². The van der Waals surface area contributed by atoms with Crippen LogP contribution in [0, 0.1) is 0 Å². The van der Waals surface area contributed by atoms with Gasteiger partial charge in [-0.3, -0.25) is 0 Å². The van der Waals surface area contributed by atoms with Crippen LogP contribution >= 0.6 is 0 Å². The Kier molecular flexibility index (Phi) is 15.8. The van der Waals surface area contributed by atoms with Crippen LogP contribution in [0.1, 0.15) is 57.8 Å². The van der Waals surface area contributed by atoms with Crippen molar-refractivity contribution < 1.29 is 23.1 Å². The zero-order chi connectivity index (χ0) is 18.8. The quantitative estimate of drug-likeness (QED) is 0.271. The van der Waals surface area contributed by atoms with Crippen molar-refractivity contribution in [1.29, 1.82) is 0 Å². The number of allylic oxidation sites excluding steroid dienone is 8. The second-order valence-corrected chi connectivity index (χ2v) is 5.65. The summed E-state index contributed by atoms with van der Waals surface area (Å²) < 4.78 is 36.6. The second-order valence-electron chi connectivity index (χ2n) is 5.65. The first kappa shape index (κ1) is 23.2. The summed E-state index contributed by atoms with van der Waals surface area (Å²) in [5.74, 6) is -1.40. The molecule has 5 heteroatoms. The first-order valence-corrected chi connectivity index (χ1v) is 8.79. The van der Waals surface area contributed by atoms with Gasteiger partial charge in [0.1, 0.15) is 0 Å². The van der Waals surface area contributed by atoms with Crippen molar-refractivity contribution in [1.82, 2.24) is 0 Å². The zero-order valence-electron chi connectivity index (χ0n) is 14.6. The summed E-state index contributed by atoms with van der Waals surface area (Å²) in [5, 5.41) is 8.38. The Hall–Kier alpha value is -1.78. The van der Waals surface area contributed by atoms with Crippen molar-refractivity contribution in [2.24, 2.45) is 0 Å². The fraction of sp³-hybridized carbons (Fsp3) is 0.550. The van der Waals surface area contributed by atoms with Gasteiger partial charge in [0.15, 0.2) is 6.17 Å². The minimum Gasteiger partial charge on any atom is -0.479 e. The molecule has 0 fully saturated rings. The van der Waals surface area contributed by atoms with Gasteiger partial charge in [0.2, 0.25) is 6.43 Å². The summed E-state index contributed by atoms with van der Waals surface area (Å²) in [5.41, 5.74) is 0. The van der Waals surface area contributed by atoms with E-state index in [2.05, 4.69) is 12.2 Å². The highest BCUT2D eigenvalue weighted by Crippen LogP contribution is 2.08. The van der Waals surface area contributed by atoms with Crippen LogP contribution in [0.15, 0.2) is 48.6 Å². The monoisotopic (exact) mass is 358 g/mol. The number of unbranched alkanes of at least 4 members (excludes halogenated alkanes) is 2. The molecule has 0 aliphatic rings. The largest absolute Gasteiger partial charge is 0.479 e. The van der Waals surface area contributed by atoms with Crippen molar-refractivity contribution in [2.45, 2.75) is 70.4 Å². The maximum atomic E-state index is 12.7. The summed E-state index contributed by atoms with van der Waals surface area (Å²) in [6, 6.07) is 0. The molecule has 0 aromatic rings. The van der Waals surface area contributed by atoms with Crippen LogP contribution in [0.4, 0.5) is 13.2 Å². The van der Waals surface area contributed by atoms with E-state index in [-0.39, 0.29) is 12.8 Å². The van der Waals surface area contributed by atoms with E-state index in [0.717, 1.165) is 32.1 Å². The standard InChI is InChI=1S/C20H29F3O2/c21-18(20(24)25)16-14-12-10-8-6-4-2-1-3-5-7-9-11-13-15-17-19(22)23/h1,3-4,6-7,9-10,12,18-19H,2,5,8,11,13-17H2,(H,24,25)/b3-1-,6-4-,9-7-,12-10-. The molecule has 0 rings (SSSR count). The lowest BCUT2D eigenvalue weighted by Gasteiger charge is -1.97. The predicted molar refractivity (Wildman–Crippen MR) is 96.6 cm³/mol. The number of hydrogen-bond donors (Lipinski definition) is 1. The number of carboxylic acids is 1. The minimum atomic E-state index is -2.19. The van der Waals surface area contributed by atoms with Crippen molar-refractivity contribution in [3.63, 3.8) is 0 Å². The van der Waals surface area contributed by atoms with Crippen LogP contribution in [0.2, 0.25) is 0 Å². The molecular formula is C20H29F3O2. The third kappa shape index (κ3) is 18.4. The Morgan fingerprint density at radius 2 is 1.20 bits per heavy atom. The topological polar surface area (TPSA) is 37.3 Å². The molecule has 0 spiro atoms. The molecule has 0 saturated carbocycles. The highest BCUT2D eigenvalue weighted by Gasteiger charge is 2.13. The van der Waals surface area contributed by atoms with E-state index >= 15 is 0 Å². The number of alkyl halides is 3. The minimum absolute atomic E-state index is 0.00598. The Labute approximate surface area is 148 Å². The lowest BCUT2D eigenvalue weighted by molar-refractivity contribution is -0.142. The van der Waals surface area contributed by atoms with E-state index < -0.39 is 18.6 Å². The molecule has 1 N–H and O–H groups in total. The number of aliphatic carboxylic acids is 1. The first-order valence-electron chi connectivity index (χ1n) is 8.79. The lowest BCUT2D eigenvalue weighted by Crippen LogP contribution is -2.13. The van der Waals surface area contributed by atoms with Crippen LogP contribution in [0.5, 0.6) is 0 Å². The van der Waals surface area contributed by atoms with Gasteiger partial charge in [-0.25, -0.2) is 18.0 Å². The molecule has 1 unspecified atom stereocenters. The highest BCUT2D eigenvalue weighted by atomic mass is 19.3. The molecule has 25 heavy (non-hydrogen) atoms. The van der Waals surface area contributed by atoms with Gasteiger partial charge in [0.05, 0.1) is 0 Å². The molecule has 0 heterocycles. The van der Waals surface area contributed by atoms with Crippen molar-refractivity contribution in [3.8, 4) is 0 Å². The maximum absolute atomic E-state index is 12.7. The molecule has 142 valence electrons. The van der Waals surface area contributed by atoms with Gasteiger partial charge >= 0.3 is 5.97 Å². The van der Waals surface area contributed by atoms with Crippen molar-refractivity contribution >= 4 is 5.97 Å². The van der Waals surface area contributed by atoms with Crippen molar-refractivity contribution in [3.05, 3.63) is 48.6 Å². The zero-order valence-corrected chi connectivity index (χ0v) is 14.6. The predicted octanol–water partition coefficient (Wildman–Crippen LogP) is 6.41. The van der Waals surface area contributed by atoms with Crippen LogP contribution in [-0.2, 0) is 4.79 Å². The van der Waals surface area contributed by atoms with E-state index in [1.165, 1.54) is 0 Å². The number of carboxylic acid groups (broad SMARTS) is 1. The highest BCUT2D eigenvalue weighted by molar-refractivity contribution is 5.71. The average Bonchev–Trinajstić information content (AvgIpc) is 2.57. The van der Waals surface area contributed by atoms with Gasteiger partial charge in [-0.15, -0.1) is 0 Å². The Morgan fingerprint density at radius 3 is 1.68 bits per heavy atom. The van der Waals surface area contributed by atoms with E-state index in [0.29, 0.717) is 12.8 Å². The fourth-order valence-corrected chi connectivity index (χ4v) is 1.98. The Morgan fingerprint density at radius 1 is 0.720 bits per heavy atom. The van der Waals surface area contributed by atoms with E-state index in [1.54, 1.807) is 6.08 Å².